The van der Waals surface area contributed by atoms with Crippen molar-refractivity contribution in [1.29, 1.82) is 0 Å². The zero-order valence-electron chi connectivity index (χ0n) is 19.6. The van der Waals surface area contributed by atoms with Crippen LogP contribution in [0.3, 0.4) is 0 Å². The van der Waals surface area contributed by atoms with Gasteiger partial charge in [0, 0.05) is 13.3 Å². The lowest BCUT2D eigenvalue weighted by Crippen LogP contribution is -2.01. The molecule has 0 N–H and O–H groups in total. The van der Waals surface area contributed by atoms with E-state index in [0.29, 0.717) is 5.41 Å². The van der Waals surface area contributed by atoms with Crippen LogP contribution in [0.25, 0.3) is 16.7 Å². The van der Waals surface area contributed by atoms with Crippen molar-refractivity contribution in [3.05, 3.63) is 90.6 Å². The number of hydrogen-bond donors (Lipinski definition) is 0. The standard InChI is InChI=1S/C28H34N4/c1-6-24(20-28(18-19-28)17-16-23(4)21-29-5)14-12-22(3)13-15-25(7-2)32-27-11-9-8-10-26(27)30-31-32/h6-11,13-16,21H,1-2,12,17-20H2,3-5H3/b22-13-,23-16-,24-14+,25-15+,29-21-. The molecule has 0 amide bonds. The second kappa shape index (κ2) is 10.9. The van der Waals surface area contributed by atoms with Crippen molar-refractivity contribution in [2.75, 3.05) is 7.05 Å². The van der Waals surface area contributed by atoms with E-state index in [1.54, 1.807) is 0 Å². The van der Waals surface area contributed by atoms with Crippen LogP contribution in [0.15, 0.2) is 95.6 Å². The molecule has 166 valence electrons. The Hall–Kier alpha value is -3.27. The van der Waals surface area contributed by atoms with E-state index in [1.807, 2.05) is 54.4 Å². The first-order valence-corrected chi connectivity index (χ1v) is 11.2. The molecule has 0 bridgehead atoms. The molecule has 1 aliphatic carbocycles. The molecule has 1 aromatic heterocycles. The van der Waals surface area contributed by atoms with Crippen LogP contribution in [-0.2, 0) is 0 Å². The highest BCUT2D eigenvalue weighted by Gasteiger charge is 2.41. The molecule has 1 heterocycles. The fraction of sp³-hybridized carbons (Fsp3) is 0.321. The van der Waals surface area contributed by atoms with Crippen molar-refractivity contribution >= 4 is 22.9 Å². The number of nitrogens with zero attached hydrogens (tertiary/aromatic N) is 4. The number of allylic oxidation sites excluding steroid dienone is 10. The van der Waals surface area contributed by atoms with Crippen LogP contribution in [0.5, 0.6) is 0 Å². The van der Waals surface area contributed by atoms with Crippen molar-refractivity contribution in [2.45, 2.75) is 46.0 Å². The molecule has 0 saturated heterocycles. The van der Waals surface area contributed by atoms with Crippen LogP contribution < -0.4 is 0 Å². The predicted octanol–water partition coefficient (Wildman–Crippen LogP) is 7.11. The first-order valence-electron chi connectivity index (χ1n) is 11.2. The van der Waals surface area contributed by atoms with Gasteiger partial charge in [0.05, 0.1) is 11.2 Å². The highest BCUT2D eigenvalue weighted by molar-refractivity contribution is 5.79. The minimum atomic E-state index is 0.407. The molecule has 1 fully saturated rings. The van der Waals surface area contributed by atoms with Gasteiger partial charge in [-0.15, -0.1) is 5.10 Å². The molecule has 1 aromatic carbocycles. The van der Waals surface area contributed by atoms with Gasteiger partial charge < -0.3 is 0 Å². The van der Waals surface area contributed by atoms with Crippen molar-refractivity contribution < 1.29 is 0 Å². The van der Waals surface area contributed by atoms with E-state index in [0.717, 1.165) is 36.0 Å². The summed E-state index contributed by atoms with van der Waals surface area (Å²) in [7, 11) is 1.82. The zero-order valence-corrected chi connectivity index (χ0v) is 19.6. The fourth-order valence-corrected chi connectivity index (χ4v) is 3.80. The summed E-state index contributed by atoms with van der Waals surface area (Å²) in [6, 6.07) is 7.94. The Bertz CT molecular complexity index is 1120. The zero-order chi connectivity index (χ0) is 23.0. The molecule has 3 rings (SSSR count). The van der Waals surface area contributed by atoms with Crippen LogP contribution in [0.4, 0.5) is 0 Å². The Morgan fingerprint density at radius 1 is 1.12 bits per heavy atom. The summed E-state index contributed by atoms with van der Waals surface area (Å²) < 4.78 is 1.83. The quantitative estimate of drug-likeness (QED) is 0.284. The Labute approximate surface area is 192 Å². The van der Waals surface area contributed by atoms with E-state index in [2.05, 4.69) is 66.6 Å². The topological polar surface area (TPSA) is 43.1 Å². The van der Waals surface area contributed by atoms with Crippen LogP contribution >= 0.6 is 0 Å². The van der Waals surface area contributed by atoms with Crippen LogP contribution in [0, 0.1) is 5.41 Å². The summed E-state index contributed by atoms with van der Waals surface area (Å²) in [5.41, 5.74) is 7.01. The summed E-state index contributed by atoms with van der Waals surface area (Å²) >= 11 is 0. The van der Waals surface area contributed by atoms with E-state index in [-0.39, 0.29) is 0 Å². The normalized spacial score (nSPS) is 17.2. The highest BCUT2D eigenvalue weighted by Crippen LogP contribution is 2.54. The minimum Gasteiger partial charge on any atom is -0.296 e. The number of rotatable bonds is 11. The number of aromatic nitrogens is 3. The smallest absolute Gasteiger partial charge is 0.113 e. The molecule has 2 aromatic rings. The largest absolute Gasteiger partial charge is 0.296 e. The molecular formula is C28H34N4. The van der Waals surface area contributed by atoms with Crippen LogP contribution in [-0.4, -0.2) is 28.3 Å². The molecule has 0 radical (unpaired) electrons. The second-order valence-corrected chi connectivity index (χ2v) is 8.70. The van der Waals surface area contributed by atoms with E-state index in [1.165, 1.54) is 29.6 Å². The first-order chi connectivity index (χ1) is 15.5. The average molecular weight is 427 g/mol. The van der Waals surface area contributed by atoms with Crippen molar-refractivity contribution in [3.63, 3.8) is 0 Å². The van der Waals surface area contributed by atoms with E-state index in [9.17, 15) is 0 Å². The molecule has 4 nitrogen and oxygen atoms in total. The van der Waals surface area contributed by atoms with Gasteiger partial charge in [0.2, 0.25) is 0 Å². The van der Waals surface area contributed by atoms with Gasteiger partial charge in [0.15, 0.2) is 0 Å². The predicted molar refractivity (Wildman–Crippen MR) is 138 cm³/mol. The second-order valence-electron chi connectivity index (χ2n) is 8.70. The lowest BCUT2D eigenvalue weighted by atomic mass is 9.91. The Morgan fingerprint density at radius 2 is 1.91 bits per heavy atom. The summed E-state index contributed by atoms with van der Waals surface area (Å²) in [4.78, 5) is 4.10. The SMILES string of the molecule is C=C/C(=C\C/C(C)=C\C=C(/C=C)n1nnc2ccccc21)CC1(C/C=C(C)\C=N/C)CC1. The molecule has 32 heavy (non-hydrogen) atoms. The molecule has 0 unspecified atom stereocenters. The fourth-order valence-electron chi connectivity index (χ4n) is 3.80. The lowest BCUT2D eigenvalue weighted by molar-refractivity contribution is 0.516. The third-order valence-corrected chi connectivity index (χ3v) is 6.02. The van der Waals surface area contributed by atoms with Crippen LogP contribution in [0.1, 0.15) is 46.0 Å². The molecule has 0 spiro atoms. The van der Waals surface area contributed by atoms with Gasteiger partial charge in [-0.1, -0.05) is 66.0 Å². The highest BCUT2D eigenvalue weighted by atomic mass is 15.4. The lowest BCUT2D eigenvalue weighted by Gasteiger charge is -2.14. The van der Waals surface area contributed by atoms with E-state index >= 15 is 0 Å². The molecule has 1 saturated carbocycles. The van der Waals surface area contributed by atoms with Gasteiger partial charge in [-0.25, -0.2) is 4.68 Å². The number of para-hydroxylation sites is 1. The van der Waals surface area contributed by atoms with Gasteiger partial charge in [-0.2, -0.15) is 0 Å². The van der Waals surface area contributed by atoms with Gasteiger partial charge in [0.1, 0.15) is 5.52 Å². The van der Waals surface area contributed by atoms with Gasteiger partial charge in [-0.3, -0.25) is 4.99 Å². The molecule has 0 atom stereocenters. The third kappa shape index (κ3) is 6.13. The van der Waals surface area contributed by atoms with Gasteiger partial charge >= 0.3 is 0 Å². The summed E-state index contributed by atoms with van der Waals surface area (Å²) in [5.74, 6) is 0. The van der Waals surface area contributed by atoms with Crippen molar-refractivity contribution in [3.8, 4) is 0 Å². The van der Waals surface area contributed by atoms with Crippen molar-refractivity contribution in [2.24, 2.45) is 10.4 Å². The maximum absolute atomic E-state index is 4.28. The maximum Gasteiger partial charge on any atom is 0.113 e. The maximum atomic E-state index is 4.28. The Morgan fingerprint density at radius 3 is 2.59 bits per heavy atom. The number of hydrogen-bond acceptors (Lipinski definition) is 3. The van der Waals surface area contributed by atoms with Gasteiger partial charge in [0.25, 0.3) is 0 Å². The molecule has 0 aliphatic heterocycles. The van der Waals surface area contributed by atoms with Crippen LogP contribution in [0.2, 0.25) is 0 Å². The van der Waals surface area contributed by atoms with E-state index < -0.39 is 0 Å². The van der Waals surface area contributed by atoms with E-state index in [4.69, 9.17) is 0 Å². The third-order valence-electron chi connectivity index (χ3n) is 6.02. The summed E-state index contributed by atoms with van der Waals surface area (Å²) in [6.45, 7) is 12.3. The summed E-state index contributed by atoms with van der Waals surface area (Å²) in [6.07, 6.45) is 20.3. The minimum absolute atomic E-state index is 0.407. The molecular weight excluding hydrogens is 392 g/mol. The monoisotopic (exact) mass is 426 g/mol. The molecule has 4 heteroatoms. The van der Waals surface area contributed by atoms with Gasteiger partial charge in [-0.05, 0) is 81.2 Å². The number of fused-ring (bicyclic) bond motifs is 1. The summed E-state index contributed by atoms with van der Waals surface area (Å²) in [5, 5.41) is 8.51. The number of aliphatic imine (C=N–C) groups is 1. The average Bonchev–Trinajstić information content (AvgIpc) is 3.45. The first kappa shape index (κ1) is 23.4. The van der Waals surface area contributed by atoms with Crippen molar-refractivity contribution in [1.82, 2.24) is 15.0 Å². The Balaban J connectivity index is 1.67. The Kier molecular flexibility index (Phi) is 7.93. The molecule has 1 aliphatic rings. The number of benzene rings is 1.